The van der Waals surface area contributed by atoms with Crippen molar-refractivity contribution in [2.45, 2.75) is 26.0 Å². The van der Waals surface area contributed by atoms with Crippen LogP contribution in [0.1, 0.15) is 30.6 Å². The molecule has 5 heteroatoms. The third-order valence-corrected chi connectivity index (χ3v) is 3.61. The molecule has 5 nitrogen and oxygen atoms in total. The number of aliphatic hydroxyl groups excluding tert-OH is 1. The number of carbonyl (C=O) groups excluding carboxylic acids is 1. The molecule has 1 aliphatic heterocycles. The fraction of sp³-hybridized carbons (Fsp3) is 0.533. The van der Waals surface area contributed by atoms with E-state index < -0.39 is 6.10 Å². The fourth-order valence-corrected chi connectivity index (χ4v) is 2.52. The number of ether oxygens (including phenoxy) is 2. The summed E-state index contributed by atoms with van der Waals surface area (Å²) in [5, 5.41) is 10.3. The minimum absolute atomic E-state index is 0.164. The summed E-state index contributed by atoms with van der Waals surface area (Å²) in [6, 6.07) is 3.73. The van der Waals surface area contributed by atoms with Gasteiger partial charge in [-0.25, -0.2) is 0 Å². The van der Waals surface area contributed by atoms with Gasteiger partial charge in [-0.1, -0.05) is 0 Å². The van der Waals surface area contributed by atoms with E-state index in [-0.39, 0.29) is 5.78 Å². The van der Waals surface area contributed by atoms with E-state index in [1.807, 2.05) is 12.1 Å². The number of methoxy groups -OCH3 is 2. The number of rotatable bonds is 5. The molecule has 0 amide bonds. The Morgan fingerprint density at radius 1 is 1.35 bits per heavy atom. The topological polar surface area (TPSA) is 59.0 Å². The summed E-state index contributed by atoms with van der Waals surface area (Å²) in [5.74, 6) is 1.45. The van der Waals surface area contributed by atoms with E-state index in [4.69, 9.17) is 9.47 Å². The van der Waals surface area contributed by atoms with Gasteiger partial charge in [0.15, 0.2) is 11.5 Å². The second-order valence-corrected chi connectivity index (χ2v) is 5.11. The largest absolute Gasteiger partial charge is 0.493 e. The molecule has 1 aromatic carbocycles. The minimum Gasteiger partial charge on any atom is -0.493 e. The van der Waals surface area contributed by atoms with E-state index in [1.165, 1.54) is 0 Å². The summed E-state index contributed by atoms with van der Waals surface area (Å²) in [5.41, 5.74) is 1.90. The first-order valence-corrected chi connectivity index (χ1v) is 6.69. The van der Waals surface area contributed by atoms with Crippen molar-refractivity contribution in [1.29, 1.82) is 0 Å². The highest BCUT2D eigenvalue weighted by molar-refractivity contribution is 5.75. The molecule has 0 spiro atoms. The molecule has 20 heavy (non-hydrogen) atoms. The van der Waals surface area contributed by atoms with Gasteiger partial charge in [-0.2, -0.15) is 0 Å². The van der Waals surface area contributed by atoms with Gasteiger partial charge in [0, 0.05) is 26.1 Å². The maximum atomic E-state index is 11.1. The Balaban J connectivity index is 2.23. The zero-order valence-electron chi connectivity index (χ0n) is 12.2. The van der Waals surface area contributed by atoms with Crippen LogP contribution in [0.4, 0.5) is 0 Å². The van der Waals surface area contributed by atoms with Crippen molar-refractivity contribution in [2.75, 3.05) is 27.3 Å². The molecule has 0 radical (unpaired) electrons. The molecule has 1 aromatic rings. The number of carbonyl (C=O) groups is 1. The number of benzene rings is 1. The van der Waals surface area contributed by atoms with Crippen molar-refractivity contribution in [3.8, 4) is 11.5 Å². The summed E-state index contributed by atoms with van der Waals surface area (Å²) < 4.78 is 10.6. The van der Waals surface area contributed by atoms with Gasteiger partial charge in [-0.15, -0.1) is 0 Å². The molecular formula is C15H21NO4. The van der Waals surface area contributed by atoms with Crippen molar-refractivity contribution in [1.82, 2.24) is 4.90 Å². The third-order valence-electron chi connectivity index (χ3n) is 3.61. The molecular weight excluding hydrogens is 258 g/mol. The van der Waals surface area contributed by atoms with Gasteiger partial charge >= 0.3 is 0 Å². The summed E-state index contributed by atoms with van der Waals surface area (Å²) in [7, 11) is 3.18. The number of hydrogen-bond donors (Lipinski definition) is 1. The molecule has 1 N–H and O–H groups in total. The molecule has 1 aliphatic rings. The number of aliphatic hydroxyl groups is 1. The first kappa shape index (κ1) is 14.8. The van der Waals surface area contributed by atoms with Crippen LogP contribution in [0, 0.1) is 0 Å². The van der Waals surface area contributed by atoms with Crippen LogP contribution in [0.5, 0.6) is 11.5 Å². The summed E-state index contributed by atoms with van der Waals surface area (Å²) in [4.78, 5) is 13.2. The van der Waals surface area contributed by atoms with Crippen LogP contribution in [0.25, 0.3) is 0 Å². The number of fused-ring (bicyclic) bond motifs is 1. The molecule has 2 rings (SSSR count). The maximum absolute atomic E-state index is 11.1. The Kier molecular flexibility index (Phi) is 4.62. The van der Waals surface area contributed by atoms with Crippen LogP contribution in [0.3, 0.4) is 0 Å². The molecule has 1 atom stereocenters. The quantitative estimate of drug-likeness (QED) is 0.886. The van der Waals surface area contributed by atoms with Crippen LogP contribution in [-0.2, 0) is 11.3 Å². The predicted octanol–water partition coefficient (Wildman–Crippen LogP) is 1.53. The van der Waals surface area contributed by atoms with Crippen molar-refractivity contribution < 1.29 is 19.4 Å². The van der Waals surface area contributed by atoms with Gasteiger partial charge in [0.05, 0.1) is 20.3 Å². The van der Waals surface area contributed by atoms with Crippen LogP contribution in [-0.4, -0.2) is 43.1 Å². The van der Waals surface area contributed by atoms with Crippen LogP contribution in [0.2, 0.25) is 0 Å². The van der Waals surface area contributed by atoms with Crippen LogP contribution in [0.15, 0.2) is 12.1 Å². The number of nitrogens with zero attached hydrogens (tertiary/aromatic N) is 1. The fourth-order valence-electron chi connectivity index (χ4n) is 2.52. The molecule has 0 aliphatic carbocycles. The summed E-state index contributed by atoms with van der Waals surface area (Å²) >= 11 is 0. The van der Waals surface area contributed by atoms with Gasteiger partial charge in [-0.3, -0.25) is 9.69 Å². The molecule has 0 saturated carbocycles. The van der Waals surface area contributed by atoms with Crippen LogP contribution < -0.4 is 9.47 Å². The Morgan fingerprint density at radius 2 is 2.00 bits per heavy atom. The Labute approximate surface area is 119 Å². The zero-order chi connectivity index (χ0) is 14.7. The monoisotopic (exact) mass is 279 g/mol. The highest BCUT2D eigenvalue weighted by Gasteiger charge is 2.25. The van der Waals surface area contributed by atoms with Gasteiger partial charge < -0.3 is 14.6 Å². The molecule has 0 fully saturated rings. The van der Waals surface area contributed by atoms with Crippen molar-refractivity contribution in [3.63, 3.8) is 0 Å². The summed E-state index contributed by atoms with van der Waals surface area (Å²) in [6.45, 7) is 3.50. The number of β-amino-alcohol motifs (C(OH)–C–C–N with tert-alkyl or cyclic N) is 1. The Morgan fingerprint density at radius 3 is 2.60 bits per heavy atom. The van der Waals surface area contributed by atoms with Crippen molar-refractivity contribution in [3.05, 3.63) is 23.3 Å². The van der Waals surface area contributed by atoms with E-state index >= 15 is 0 Å². The zero-order valence-corrected chi connectivity index (χ0v) is 12.2. The average Bonchev–Trinajstić information content (AvgIpc) is 2.43. The maximum Gasteiger partial charge on any atom is 0.161 e. The molecule has 1 unspecified atom stereocenters. The lowest BCUT2D eigenvalue weighted by Crippen LogP contribution is -2.35. The van der Waals surface area contributed by atoms with Gasteiger partial charge in [-0.05, 0) is 30.2 Å². The van der Waals surface area contributed by atoms with Crippen LogP contribution >= 0.6 is 0 Å². The molecule has 0 saturated heterocycles. The smallest absolute Gasteiger partial charge is 0.161 e. The number of Topliss-reactive ketones (excluding diaryl/α,β-unsaturated/α-hetero) is 1. The molecule has 1 heterocycles. The van der Waals surface area contributed by atoms with E-state index in [1.54, 1.807) is 21.1 Å². The number of hydrogen-bond acceptors (Lipinski definition) is 5. The normalized spacial score (nSPS) is 18.5. The van der Waals surface area contributed by atoms with E-state index in [0.717, 1.165) is 11.1 Å². The lowest BCUT2D eigenvalue weighted by Gasteiger charge is -2.32. The second kappa shape index (κ2) is 6.24. The third kappa shape index (κ3) is 3.11. The lowest BCUT2D eigenvalue weighted by molar-refractivity contribution is -0.117. The van der Waals surface area contributed by atoms with E-state index in [2.05, 4.69) is 4.90 Å². The highest BCUT2D eigenvalue weighted by Crippen LogP contribution is 2.36. The molecule has 0 bridgehead atoms. The molecule has 110 valence electrons. The van der Waals surface area contributed by atoms with Gasteiger partial charge in [0.25, 0.3) is 0 Å². The van der Waals surface area contributed by atoms with Gasteiger partial charge in [0.2, 0.25) is 0 Å². The van der Waals surface area contributed by atoms with E-state index in [0.29, 0.717) is 37.6 Å². The first-order valence-electron chi connectivity index (χ1n) is 6.69. The second-order valence-electron chi connectivity index (χ2n) is 5.11. The van der Waals surface area contributed by atoms with E-state index in [9.17, 15) is 9.90 Å². The summed E-state index contributed by atoms with van der Waals surface area (Å²) in [6.07, 6.45) is -0.0551. The number of ketones is 1. The lowest BCUT2D eigenvalue weighted by atomic mass is 9.96. The Bertz CT molecular complexity index is 501. The van der Waals surface area contributed by atoms with Crippen molar-refractivity contribution >= 4 is 5.78 Å². The SMILES string of the molecule is COc1cc2c(cc1OC)C(O)CN(CCC(C)=O)C2. The Hall–Kier alpha value is -1.59. The molecule has 0 aromatic heterocycles. The minimum atomic E-state index is -0.564. The highest BCUT2D eigenvalue weighted by atomic mass is 16.5. The average molecular weight is 279 g/mol. The first-order chi connectivity index (χ1) is 9.55. The predicted molar refractivity (Wildman–Crippen MR) is 75.1 cm³/mol. The van der Waals surface area contributed by atoms with Gasteiger partial charge in [0.1, 0.15) is 5.78 Å². The van der Waals surface area contributed by atoms with Crippen molar-refractivity contribution in [2.24, 2.45) is 0 Å². The standard InChI is InChI=1S/C15H21NO4/c1-10(17)4-5-16-8-11-6-14(19-2)15(20-3)7-12(11)13(18)9-16/h6-7,13,18H,4-5,8-9H2,1-3H3.